The number of aryl methyl sites for hydroxylation is 2. The molecule has 0 radical (unpaired) electrons. The average molecular weight is 489 g/mol. The molecule has 0 bridgehead atoms. The molecule has 4 aromatic rings. The number of unbranched alkanes of at least 4 members (excludes halogenated alkanes) is 5. The van der Waals surface area contributed by atoms with Crippen LogP contribution in [0, 0.1) is 6.92 Å². The fourth-order valence-corrected chi connectivity index (χ4v) is 5.54. The second kappa shape index (κ2) is 12.7. The Kier molecular flexibility index (Phi) is 9.13. The fourth-order valence-electron chi connectivity index (χ4n) is 4.67. The number of ether oxygens (including phenoxy) is 2. The molecule has 0 amide bonds. The third-order valence-electron chi connectivity index (χ3n) is 6.55. The van der Waals surface area contributed by atoms with Gasteiger partial charge in [-0.15, -0.1) is 11.8 Å². The van der Waals surface area contributed by atoms with Gasteiger partial charge in [0.05, 0.1) is 24.9 Å². The van der Waals surface area contributed by atoms with Crippen LogP contribution in [-0.4, -0.2) is 29.5 Å². The summed E-state index contributed by atoms with van der Waals surface area (Å²) in [5.41, 5.74) is 5.10. The SMILES string of the molecule is COc1ccc(-c2c(C)c3cc(OC)ccc3n2CCCCCCCCSc2ccccn2)cc1. The minimum atomic E-state index is 0.883. The second-order valence-electron chi connectivity index (χ2n) is 8.87. The maximum Gasteiger partial charge on any atom is 0.119 e. The number of nitrogens with zero attached hydrogens (tertiary/aromatic N) is 2. The lowest BCUT2D eigenvalue weighted by Gasteiger charge is -2.13. The predicted octanol–water partition coefficient (Wildman–Crippen LogP) is 8.16. The molecule has 0 spiro atoms. The Morgan fingerprint density at radius 3 is 2.23 bits per heavy atom. The van der Waals surface area contributed by atoms with Crippen LogP contribution in [0.5, 0.6) is 11.5 Å². The van der Waals surface area contributed by atoms with Crippen molar-refractivity contribution in [2.75, 3.05) is 20.0 Å². The Hall–Kier alpha value is -2.92. The quantitative estimate of drug-likeness (QED) is 0.140. The largest absolute Gasteiger partial charge is 0.497 e. The Balaban J connectivity index is 1.35. The molecule has 184 valence electrons. The number of fused-ring (bicyclic) bond motifs is 1. The van der Waals surface area contributed by atoms with E-state index in [-0.39, 0.29) is 0 Å². The van der Waals surface area contributed by atoms with Gasteiger partial charge in [0.15, 0.2) is 0 Å². The first-order chi connectivity index (χ1) is 17.2. The molecule has 0 saturated heterocycles. The Morgan fingerprint density at radius 1 is 0.800 bits per heavy atom. The zero-order valence-corrected chi connectivity index (χ0v) is 21.9. The Morgan fingerprint density at radius 2 is 1.51 bits per heavy atom. The number of thioether (sulfide) groups is 1. The van der Waals surface area contributed by atoms with Gasteiger partial charge in [0, 0.05) is 23.6 Å². The van der Waals surface area contributed by atoms with Crippen molar-refractivity contribution in [3.05, 3.63) is 72.4 Å². The van der Waals surface area contributed by atoms with Crippen molar-refractivity contribution in [2.45, 2.75) is 57.0 Å². The third-order valence-corrected chi connectivity index (χ3v) is 7.58. The van der Waals surface area contributed by atoms with E-state index < -0.39 is 0 Å². The van der Waals surface area contributed by atoms with Gasteiger partial charge in [0.1, 0.15) is 11.5 Å². The third kappa shape index (κ3) is 6.40. The van der Waals surface area contributed by atoms with Gasteiger partial charge in [0.2, 0.25) is 0 Å². The lowest BCUT2D eigenvalue weighted by Crippen LogP contribution is -2.01. The van der Waals surface area contributed by atoms with E-state index in [9.17, 15) is 0 Å². The van der Waals surface area contributed by atoms with E-state index in [0.29, 0.717) is 0 Å². The molecule has 0 aliphatic heterocycles. The summed E-state index contributed by atoms with van der Waals surface area (Å²) in [5, 5.41) is 2.40. The lowest BCUT2D eigenvalue weighted by atomic mass is 10.1. The number of hydrogen-bond donors (Lipinski definition) is 0. The van der Waals surface area contributed by atoms with Crippen LogP contribution in [0.4, 0.5) is 0 Å². The first-order valence-electron chi connectivity index (χ1n) is 12.6. The summed E-state index contributed by atoms with van der Waals surface area (Å²) in [4.78, 5) is 4.38. The molecular formula is C30H36N2O2S. The normalized spacial score (nSPS) is 11.2. The van der Waals surface area contributed by atoms with Crippen molar-refractivity contribution in [1.82, 2.24) is 9.55 Å². The van der Waals surface area contributed by atoms with Gasteiger partial charge in [-0.25, -0.2) is 4.98 Å². The molecule has 0 unspecified atom stereocenters. The van der Waals surface area contributed by atoms with Crippen LogP contribution < -0.4 is 9.47 Å². The molecule has 0 N–H and O–H groups in total. The van der Waals surface area contributed by atoms with E-state index in [1.807, 2.05) is 36.2 Å². The molecule has 2 aromatic carbocycles. The van der Waals surface area contributed by atoms with Crippen LogP contribution in [0.1, 0.15) is 44.1 Å². The van der Waals surface area contributed by atoms with Gasteiger partial charge in [-0.05, 0) is 91.2 Å². The molecule has 0 aliphatic rings. The van der Waals surface area contributed by atoms with E-state index >= 15 is 0 Å². The molecule has 0 atom stereocenters. The molecule has 4 rings (SSSR count). The van der Waals surface area contributed by atoms with E-state index in [0.717, 1.165) is 28.8 Å². The number of benzene rings is 2. The van der Waals surface area contributed by atoms with E-state index in [2.05, 4.69) is 58.9 Å². The summed E-state index contributed by atoms with van der Waals surface area (Å²) in [7, 11) is 3.44. The number of aromatic nitrogens is 2. The Labute approximate surface area is 213 Å². The highest BCUT2D eigenvalue weighted by Gasteiger charge is 2.16. The molecule has 5 heteroatoms. The minimum Gasteiger partial charge on any atom is -0.497 e. The van der Waals surface area contributed by atoms with Gasteiger partial charge in [-0.3, -0.25) is 0 Å². The maximum absolute atomic E-state index is 5.51. The van der Waals surface area contributed by atoms with Gasteiger partial charge in [-0.1, -0.05) is 31.7 Å². The van der Waals surface area contributed by atoms with Crippen molar-refractivity contribution in [2.24, 2.45) is 0 Å². The van der Waals surface area contributed by atoms with Crippen LogP contribution in [0.25, 0.3) is 22.2 Å². The number of hydrogen-bond acceptors (Lipinski definition) is 4. The van der Waals surface area contributed by atoms with Crippen LogP contribution in [0.15, 0.2) is 71.9 Å². The fraction of sp³-hybridized carbons (Fsp3) is 0.367. The van der Waals surface area contributed by atoms with Crippen LogP contribution in [0.3, 0.4) is 0 Å². The molecular weight excluding hydrogens is 452 g/mol. The smallest absolute Gasteiger partial charge is 0.119 e. The first-order valence-corrected chi connectivity index (χ1v) is 13.5. The Bertz CT molecular complexity index is 1200. The highest BCUT2D eigenvalue weighted by atomic mass is 32.2. The second-order valence-corrected chi connectivity index (χ2v) is 9.99. The number of rotatable bonds is 13. The highest BCUT2D eigenvalue weighted by Crippen LogP contribution is 2.36. The number of pyridine rings is 1. The first kappa shape index (κ1) is 25.2. The van der Waals surface area contributed by atoms with Gasteiger partial charge < -0.3 is 14.0 Å². The predicted molar refractivity (Wildman–Crippen MR) is 148 cm³/mol. The zero-order valence-electron chi connectivity index (χ0n) is 21.1. The molecule has 0 fully saturated rings. The van der Waals surface area contributed by atoms with E-state index in [4.69, 9.17) is 9.47 Å². The van der Waals surface area contributed by atoms with Gasteiger partial charge in [0.25, 0.3) is 0 Å². The van der Waals surface area contributed by atoms with Crippen LogP contribution in [0.2, 0.25) is 0 Å². The minimum absolute atomic E-state index is 0.883. The summed E-state index contributed by atoms with van der Waals surface area (Å²) in [5.74, 6) is 2.94. The van der Waals surface area contributed by atoms with Crippen molar-refractivity contribution in [3.8, 4) is 22.8 Å². The van der Waals surface area contributed by atoms with E-state index in [1.165, 1.54) is 66.2 Å². The molecule has 0 saturated carbocycles. The summed E-state index contributed by atoms with van der Waals surface area (Å²) in [6.45, 7) is 3.24. The molecule has 0 aliphatic carbocycles. The average Bonchev–Trinajstić information content (AvgIpc) is 3.18. The van der Waals surface area contributed by atoms with Gasteiger partial charge >= 0.3 is 0 Å². The van der Waals surface area contributed by atoms with Crippen LogP contribution >= 0.6 is 11.8 Å². The number of methoxy groups -OCH3 is 2. The van der Waals surface area contributed by atoms with Crippen molar-refractivity contribution >= 4 is 22.7 Å². The summed E-state index contributed by atoms with van der Waals surface area (Å²) >= 11 is 1.86. The van der Waals surface area contributed by atoms with Crippen molar-refractivity contribution in [1.29, 1.82) is 0 Å². The summed E-state index contributed by atoms with van der Waals surface area (Å²) in [6, 6.07) is 21.0. The van der Waals surface area contributed by atoms with Crippen molar-refractivity contribution in [3.63, 3.8) is 0 Å². The van der Waals surface area contributed by atoms with Crippen molar-refractivity contribution < 1.29 is 9.47 Å². The standard InChI is InChI=1S/C30H36N2O2S/c1-23-27-22-26(34-3)17-18-28(27)32(30(23)24-13-15-25(33-2)16-14-24)20-10-6-4-5-7-11-21-35-29-12-8-9-19-31-29/h8-9,12-19,22H,4-7,10-11,20-21H2,1-3H3. The highest BCUT2D eigenvalue weighted by molar-refractivity contribution is 7.99. The molecule has 2 heterocycles. The molecule has 2 aromatic heterocycles. The maximum atomic E-state index is 5.51. The van der Waals surface area contributed by atoms with Gasteiger partial charge in [-0.2, -0.15) is 0 Å². The summed E-state index contributed by atoms with van der Waals surface area (Å²) in [6.07, 6.45) is 9.45. The summed E-state index contributed by atoms with van der Waals surface area (Å²) < 4.78 is 13.4. The zero-order chi connectivity index (χ0) is 24.5. The molecule has 35 heavy (non-hydrogen) atoms. The van der Waals surface area contributed by atoms with E-state index in [1.54, 1.807) is 14.2 Å². The van der Waals surface area contributed by atoms with Crippen LogP contribution in [-0.2, 0) is 6.54 Å². The monoisotopic (exact) mass is 488 g/mol. The topological polar surface area (TPSA) is 36.3 Å². The lowest BCUT2D eigenvalue weighted by molar-refractivity contribution is 0.415. The molecule has 4 nitrogen and oxygen atoms in total.